The molecule has 1 heterocycles. The molecule has 21 heavy (non-hydrogen) atoms. The van der Waals surface area contributed by atoms with Gasteiger partial charge in [0.25, 0.3) is 0 Å². The average molecular weight is 314 g/mol. The van der Waals surface area contributed by atoms with Crippen molar-refractivity contribution >= 4 is 40.7 Å². The number of anilines is 2. The zero-order chi connectivity index (χ0) is 15.4. The minimum atomic E-state index is -0.624. The summed E-state index contributed by atoms with van der Waals surface area (Å²) >= 11 is 5.36. The van der Waals surface area contributed by atoms with Gasteiger partial charge < -0.3 is 10.6 Å². The van der Waals surface area contributed by atoms with Crippen LogP contribution in [0.2, 0.25) is 0 Å². The molecule has 2 rings (SSSR count). The summed E-state index contributed by atoms with van der Waals surface area (Å²) in [5.74, 6) is -2.06. The van der Waals surface area contributed by atoms with E-state index in [1.807, 2.05) is 0 Å². The first-order valence-corrected chi connectivity index (χ1v) is 6.78. The Balaban J connectivity index is 2.11. The lowest BCUT2D eigenvalue weighted by Gasteiger charge is -2.23. The minimum Gasteiger partial charge on any atom is -0.374 e. The molecule has 1 aromatic carbocycles. The second kappa shape index (κ2) is 6.53. The Morgan fingerprint density at radius 2 is 2.05 bits per heavy atom. The third-order valence-corrected chi connectivity index (χ3v) is 3.13. The number of imide groups is 1. The molecule has 6 nitrogen and oxygen atoms in total. The number of carbonyl (C=O) groups is 3. The smallest absolute Gasteiger partial charge is 0.249 e. The Morgan fingerprint density at radius 3 is 2.71 bits per heavy atom. The summed E-state index contributed by atoms with van der Waals surface area (Å²) < 4.78 is 13.5. The number of nitrogens with one attached hydrogen (secondary N) is 3. The summed E-state index contributed by atoms with van der Waals surface area (Å²) in [5, 5.41) is 7.46. The molecule has 8 heteroatoms. The van der Waals surface area contributed by atoms with Gasteiger partial charge in [0.1, 0.15) is 17.7 Å². The first-order chi connectivity index (χ1) is 9.97. The van der Waals surface area contributed by atoms with Crippen molar-refractivity contribution in [1.29, 1.82) is 0 Å². The molecular formula is C13H13ClFN3O3. The summed E-state index contributed by atoms with van der Waals surface area (Å²) in [6.45, 7) is 0. The summed E-state index contributed by atoms with van der Waals surface area (Å²) in [5.41, 5.74) is 0.560. The van der Waals surface area contributed by atoms with Gasteiger partial charge in [-0.3, -0.25) is 19.7 Å². The first-order valence-electron chi connectivity index (χ1n) is 6.24. The predicted molar refractivity (Wildman–Crippen MR) is 75.5 cm³/mol. The van der Waals surface area contributed by atoms with Crippen LogP contribution in [0.15, 0.2) is 18.2 Å². The molecule has 0 bridgehead atoms. The van der Waals surface area contributed by atoms with Crippen molar-refractivity contribution in [2.75, 3.05) is 16.5 Å². The lowest BCUT2D eigenvalue weighted by molar-refractivity contribution is -0.133. The molecule has 1 unspecified atom stereocenters. The number of carbonyl (C=O) groups excluding carboxylic acids is 3. The van der Waals surface area contributed by atoms with E-state index in [-0.39, 0.29) is 23.9 Å². The van der Waals surface area contributed by atoms with Gasteiger partial charge in [0.15, 0.2) is 0 Å². The molecule has 1 aliphatic heterocycles. The van der Waals surface area contributed by atoms with Gasteiger partial charge in [-0.2, -0.15) is 0 Å². The molecule has 1 aliphatic rings. The molecular weight excluding hydrogens is 301 g/mol. The van der Waals surface area contributed by atoms with Crippen LogP contribution < -0.4 is 16.0 Å². The van der Waals surface area contributed by atoms with Crippen LogP contribution in [0.5, 0.6) is 0 Å². The van der Waals surface area contributed by atoms with E-state index in [4.69, 9.17) is 11.6 Å². The third-order valence-electron chi connectivity index (χ3n) is 2.88. The molecule has 1 fully saturated rings. The standard InChI is InChI=1S/C13H13ClFN3O3/c14-6-12(20)17-9-4-7(15)3-8(5-9)16-10-1-2-11(19)18-13(10)21/h3-5,10,16H,1-2,6H2,(H,17,20)(H,18,19,21). The maximum absolute atomic E-state index is 13.5. The van der Waals surface area contributed by atoms with Gasteiger partial charge >= 0.3 is 0 Å². The van der Waals surface area contributed by atoms with E-state index in [0.29, 0.717) is 12.1 Å². The van der Waals surface area contributed by atoms with Crippen LogP contribution in [0, 0.1) is 5.82 Å². The Morgan fingerprint density at radius 1 is 1.33 bits per heavy atom. The Kier molecular flexibility index (Phi) is 4.74. The number of amides is 3. The monoisotopic (exact) mass is 313 g/mol. The van der Waals surface area contributed by atoms with Crippen molar-refractivity contribution in [2.45, 2.75) is 18.9 Å². The fraction of sp³-hybridized carbons (Fsp3) is 0.308. The number of hydrogen-bond donors (Lipinski definition) is 3. The second-order valence-electron chi connectivity index (χ2n) is 4.56. The Labute approximate surface area is 125 Å². The fourth-order valence-corrected chi connectivity index (χ4v) is 2.04. The average Bonchev–Trinajstić information content (AvgIpc) is 2.41. The number of halogens is 2. The number of rotatable bonds is 4. The van der Waals surface area contributed by atoms with Gasteiger partial charge in [-0.1, -0.05) is 0 Å². The number of piperidine rings is 1. The fourth-order valence-electron chi connectivity index (χ4n) is 1.97. The molecule has 1 atom stereocenters. The largest absolute Gasteiger partial charge is 0.374 e. The summed E-state index contributed by atoms with van der Waals surface area (Å²) in [6.07, 6.45) is 0.541. The van der Waals surface area contributed by atoms with Gasteiger partial charge in [-0.15, -0.1) is 11.6 Å². The molecule has 0 aromatic heterocycles. The van der Waals surface area contributed by atoms with Crippen molar-refractivity contribution in [1.82, 2.24) is 5.32 Å². The molecule has 112 valence electrons. The van der Waals surface area contributed by atoms with Gasteiger partial charge in [0.05, 0.1) is 0 Å². The highest BCUT2D eigenvalue weighted by Crippen LogP contribution is 2.20. The summed E-state index contributed by atoms with van der Waals surface area (Å²) in [6, 6.07) is 3.19. The van der Waals surface area contributed by atoms with Crippen molar-refractivity contribution in [3.8, 4) is 0 Å². The number of alkyl halides is 1. The molecule has 3 N–H and O–H groups in total. The van der Waals surface area contributed by atoms with E-state index in [9.17, 15) is 18.8 Å². The SMILES string of the molecule is O=C1CCC(Nc2cc(F)cc(NC(=O)CCl)c2)C(=O)N1. The first kappa shape index (κ1) is 15.2. The van der Waals surface area contributed by atoms with Gasteiger partial charge in [0, 0.05) is 17.8 Å². The maximum atomic E-state index is 13.5. The molecule has 1 aromatic rings. The highest BCUT2D eigenvalue weighted by Gasteiger charge is 2.26. The quantitative estimate of drug-likeness (QED) is 0.576. The van der Waals surface area contributed by atoms with Crippen LogP contribution in [0.4, 0.5) is 15.8 Å². The highest BCUT2D eigenvalue weighted by atomic mass is 35.5. The van der Waals surface area contributed by atoms with E-state index in [1.165, 1.54) is 12.1 Å². The number of benzene rings is 1. The van der Waals surface area contributed by atoms with E-state index in [2.05, 4.69) is 16.0 Å². The van der Waals surface area contributed by atoms with Crippen LogP contribution >= 0.6 is 11.6 Å². The van der Waals surface area contributed by atoms with Gasteiger partial charge in [-0.05, 0) is 24.6 Å². The van der Waals surface area contributed by atoms with E-state index < -0.39 is 23.7 Å². The maximum Gasteiger partial charge on any atom is 0.249 e. The van der Waals surface area contributed by atoms with Gasteiger partial charge in [-0.25, -0.2) is 4.39 Å². The van der Waals surface area contributed by atoms with Crippen LogP contribution in [0.1, 0.15) is 12.8 Å². The van der Waals surface area contributed by atoms with Crippen LogP contribution in [-0.4, -0.2) is 29.6 Å². The van der Waals surface area contributed by atoms with Gasteiger partial charge in [0.2, 0.25) is 17.7 Å². The zero-order valence-electron chi connectivity index (χ0n) is 10.9. The molecule has 0 radical (unpaired) electrons. The molecule has 3 amide bonds. The van der Waals surface area contributed by atoms with E-state index in [0.717, 1.165) is 6.07 Å². The molecule has 0 aliphatic carbocycles. The third kappa shape index (κ3) is 4.16. The molecule has 0 spiro atoms. The predicted octanol–water partition coefficient (Wildman–Crippen LogP) is 1.22. The Hall–Kier alpha value is -2.15. The number of hydrogen-bond acceptors (Lipinski definition) is 4. The van der Waals surface area contributed by atoms with E-state index >= 15 is 0 Å². The molecule has 0 saturated carbocycles. The summed E-state index contributed by atoms with van der Waals surface area (Å²) in [7, 11) is 0. The lowest BCUT2D eigenvalue weighted by Crippen LogP contribution is -2.47. The Bertz CT molecular complexity index is 594. The summed E-state index contributed by atoms with van der Waals surface area (Å²) in [4.78, 5) is 33.9. The van der Waals surface area contributed by atoms with Crippen LogP contribution in [0.25, 0.3) is 0 Å². The second-order valence-corrected chi connectivity index (χ2v) is 4.83. The van der Waals surface area contributed by atoms with Crippen LogP contribution in [-0.2, 0) is 14.4 Å². The highest BCUT2D eigenvalue weighted by molar-refractivity contribution is 6.29. The lowest BCUT2D eigenvalue weighted by atomic mass is 10.1. The van der Waals surface area contributed by atoms with Crippen molar-refractivity contribution < 1.29 is 18.8 Å². The topological polar surface area (TPSA) is 87.3 Å². The minimum absolute atomic E-state index is 0.217. The van der Waals surface area contributed by atoms with Crippen molar-refractivity contribution in [2.24, 2.45) is 0 Å². The van der Waals surface area contributed by atoms with E-state index in [1.54, 1.807) is 0 Å². The normalized spacial score (nSPS) is 18.1. The van der Waals surface area contributed by atoms with Crippen molar-refractivity contribution in [3.05, 3.63) is 24.0 Å². The van der Waals surface area contributed by atoms with Crippen LogP contribution in [0.3, 0.4) is 0 Å². The zero-order valence-corrected chi connectivity index (χ0v) is 11.7. The van der Waals surface area contributed by atoms with Crippen molar-refractivity contribution in [3.63, 3.8) is 0 Å². The molecule has 1 saturated heterocycles.